The maximum Gasteiger partial charge on any atom is 0.00708 e. The zero-order valence-corrected chi connectivity index (χ0v) is 10.9. The Balaban J connectivity index is 1.56. The van der Waals surface area contributed by atoms with Gasteiger partial charge in [-0.25, -0.2) is 0 Å². The third-order valence-corrected chi connectivity index (χ3v) is 4.61. The van der Waals surface area contributed by atoms with Crippen LogP contribution in [0.2, 0.25) is 0 Å². The highest BCUT2D eigenvalue weighted by Gasteiger charge is 2.43. The van der Waals surface area contributed by atoms with Gasteiger partial charge in [0.2, 0.25) is 0 Å². The molecule has 2 aliphatic rings. The third kappa shape index (κ3) is 2.55. The van der Waals surface area contributed by atoms with Crippen molar-refractivity contribution < 1.29 is 0 Å². The summed E-state index contributed by atoms with van der Waals surface area (Å²) >= 11 is 0. The first-order chi connectivity index (χ1) is 8.25. The molecule has 0 bridgehead atoms. The molecule has 0 spiro atoms. The van der Waals surface area contributed by atoms with Crippen LogP contribution >= 0.6 is 0 Å². The Labute approximate surface area is 105 Å². The van der Waals surface area contributed by atoms with Crippen molar-refractivity contribution in [1.82, 2.24) is 5.32 Å². The number of hydrogen-bond acceptors (Lipinski definition) is 1. The lowest BCUT2D eigenvalue weighted by Crippen LogP contribution is -2.34. The van der Waals surface area contributed by atoms with Crippen LogP contribution in [0, 0.1) is 11.8 Å². The highest BCUT2D eigenvalue weighted by atomic mass is 15.0. The molecule has 1 N–H and O–H groups in total. The summed E-state index contributed by atoms with van der Waals surface area (Å²) < 4.78 is 0. The zero-order chi connectivity index (χ0) is 11.8. The summed E-state index contributed by atoms with van der Waals surface area (Å²) in [6.45, 7) is 4.79. The lowest BCUT2D eigenvalue weighted by atomic mass is 9.94. The van der Waals surface area contributed by atoms with Crippen molar-refractivity contribution in [2.24, 2.45) is 11.8 Å². The molecule has 1 nitrogen and oxygen atoms in total. The molecule has 0 heterocycles. The van der Waals surface area contributed by atoms with Crippen LogP contribution in [-0.4, -0.2) is 12.1 Å². The molecule has 4 unspecified atom stereocenters. The molecule has 2 saturated carbocycles. The molecule has 0 aromatic heterocycles. The molecule has 92 valence electrons. The van der Waals surface area contributed by atoms with Crippen LogP contribution in [0.1, 0.15) is 44.6 Å². The molecule has 0 saturated heterocycles. The molecular formula is C16H23N. The summed E-state index contributed by atoms with van der Waals surface area (Å²) in [4.78, 5) is 0. The van der Waals surface area contributed by atoms with Crippen LogP contribution in [0.15, 0.2) is 30.3 Å². The minimum Gasteiger partial charge on any atom is -0.311 e. The predicted octanol–water partition coefficient (Wildman–Crippen LogP) is 3.57. The van der Waals surface area contributed by atoms with E-state index in [-0.39, 0.29) is 0 Å². The van der Waals surface area contributed by atoms with Crippen LogP contribution in [0.25, 0.3) is 0 Å². The quantitative estimate of drug-likeness (QED) is 0.814. The first-order valence-corrected chi connectivity index (χ1v) is 7.06. The van der Waals surface area contributed by atoms with Gasteiger partial charge >= 0.3 is 0 Å². The minimum atomic E-state index is 0.682. The molecule has 2 fully saturated rings. The van der Waals surface area contributed by atoms with Crippen LogP contribution in [0.5, 0.6) is 0 Å². The van der Waals surface area contributed by atoms with Gasteiger partial charge in [0, 0.05) is 12.1 Å². The Morgan fingerprint density at radius 2 is 1.82 bits per heavy atom. The van der Waals surface area contributed by atoms with Crippen LogP contribution in [-0.2, 0) is 0 Å². The summed E-state index contributed by atoms with van der Waals surface area (Å²) in [5.74, 6) is 2.54. The largest absolute Gasteiger partial charge is 0.311 e. The van der Waals surface area contributed by atoms with Crippen LogP contribution in [0.3, 0.4) is 0 Å². The highest BCUT2D eigenvalue weighted by molar-refractivity contribution is 5.26. The van der Waals surface area contributed by atoms with E-state index >= 15 is 0 Å². The van der Waals surface area contributed by atoms with E-state index in [1.807, 2.05) is 0 Å². The average molecular weight is 229 g/mol. The Morgan fingerprint density at radius 1 is 1.12 bits per heavy atom. The van der Waals surface area contributed by atoms with Gasteiger partial charge in [-0.1, -0.05) is 37.3 Å². The Morgan fingerprint density at radius 3 is 2.47 bits per heavy atom. The SMILES string of the molecule is CC(NC1CC1)C(C)C1CC1c1ccccc1. The summed E-state index contributed by atoms with van der Waals surface area (Å²) in [5.41, 5.74) is 1.54. The summed E-state index contributed by atoms with van der Waals surface area (Å²) in [6.07, 6.45) is 4.18. The minimum absolute atomic E-state index is 0.682. The Bertz CT molecular complexity index is 368. The summed E-state index contributed by atoms with van der Waals surface area (Å²) in [5, 5.41) is 3.75. The van der Waals surface area contributed by atoms with Crippen LogP contribution < -0.4 is 5.32 Å². The number of nitrogens with one attached hydrogen (secondary N) is 1. The van der Waals surface area contributed by atoms with Crippen molar-refractivity contribution in [3.8, 4) is 0 Å². The Kier molecular flexibility index (Phi) is 2.96. The molecule has 1 heteroatoms. The van der Waals surface area contributed by atoms with Crippen molar-refractivity contribution in [3.63, 3.8) is 0 Å². The standard InChI is InChI=1S/C16H23N/c1-11(12(2)17-14-8-9-14)15-10-16(15)13-6-4-3-5-7-13/h3-7,11-12,14-17H,8-10H2,1-2H3. The second kappa shape index (κ2) is 4.45. The summed E-state index contributed by atoms with van der Waals surface area (Å²) in [7, 11) is 0. The van der Waals surface area contributed by atoms with Crippen molar-refractivity contribution in [2.45, 2.75) is 51.1 Å². The highest BCUT2D eigenvalue weighted by Crippen LogP contribution is 2.52. The Hall–Kier alpha value is -0.820. The van der Waals surface area contributed by atoms with Crippen molar-refractivity contribution in [2.75, 3.05) is 0 Å². The van der Waals surface area contributed by atoms with Gasteiger partial charge in [-0.3, -0.25) is 0 Å². The van der Waals surface area contributed by atoms with E-state index in [9.17, 15) is 0 Å². The molecule has 17 heavy (non-hydrogen) atoms. The van der Waals surface area contributed by atoms with E-state index in [0.29, 0.717) is 6.04 Å². The van der Waals surface area contributed by atoms with Crippen molar-refractivity contribution in [3.05, 3.63) is 35.9 Å². The van der Waals surface area contributed by atoms with Gasteiger partial charge in [-0.05, 0) is 49.5 Å². The maximum absolute atomic E-state index is 3.75. The van der Waals surface area contributed by atoms with Gasteiger partial charge in [0.05, 0.1) is 0 Å². The molecular weight excluding hydrogens is 206 g/mol. The first kappa shape index (κ1) is 11.3. The maximum atomic E-state index is 3.75. The van der Waals surface area contributed by atoms with Gasteiger partial charge in [0.15, 0.2) is 0 Å². The second-order valence-electron chi connectivity index (χ2n) is 6.01. The lowest BCUT2D eigenvalue weighted by molar-refractivity contribution is 0.355. The molecule has 0 aliphatic heterocycles. The van der Waals surface area contributed by atoms with E-state index in [1.54, 1.807) is 5.56 Å². The van der Waals surface area contributed by atoms with Gasteiger partial charge in [-0.15, -0.1) is 0 Å². The zero-order valence-electron chi connectivity index (χ0n) is 10.9. The molecule has 1 aromatic carbocycles. The fourth-order valence-corrected chi connectivity index (χ4v) is 3.02. The van der Waals surface area contributed by atoms with Gasteiger partial charge < -0.3 is 5.32 Å². The average Bonchev–Trinajstić information content (AvgIpc) is 3.23. The van der Waals surface area contributed by atoms with Crippen molar-refractivity contribution in [1.29, 1.82) is 0 Å². The monoisotopic (exact) mass is 229 g/mol. The van der Waals surface area contributed by atoms with Crippen molar-refractivity contribution >= 4 is 0 Å². The van der Waals surface area contributed by atoms with E-state index in [1.165, 1.54) is 19.3 Å². The fraction of sp³-hybridized carbons (Fsp3) is 0.625. The molecule has 0 radical (unpaired) electrons. The normalized spacial score (nSPS) is 30.9. The lowest BCUT2D eigenvalue weighted by Gasteiger charge is -2.21. The molecule has 4 atom stereocenters. The fourth-order valence-electron chi connectivity index (χ4n) is 3.02. The van der Waals surface area contributed by atoms with Gasteiger partial charge in [-0.2, -0.15) is 0 Å². The molecule has 3 rings (SSSR count). The van der Waals surface area contributed by atoms with E-state index in [4.69, 9.17) is 0 Å². The topological polar surface area (TPSA) is 12.0 Å². The number of hydrogen-bond donors (Lipinski definition) is 1. The smallest absolute Gasteiger partial charge is 0.00708 e. The first-order valence-electron chi connectivity index (χ1n) is 7.06. The second-order valence-corrected chi connectivity index (χ2v) is 6.01. The van der Waals surface area contributed by atoms with Gasteiger partial charge in [0.1, 0.15) is 0 Å². The van der Waals surface area contributed by atoms with E-state index < -0.39 is 0 Å². The van der Waals surface area contributed by atoms with E-state index in [2.05, 4.69) is 49.5 Å². The summed E-state index contributed by atoms with van der Waals surface area (Å²) in [6, 6.07) is 12.5. The number of benzene rings is 1. The third-order valence-electron chi connectivity index (χ3n) is 4.61. The predicted molar refractivity (Wildman–Crippen MR) is 72.1 cm³/mol. The molecule has 1 aromatic rings. The molecule has 0 amide bonds. The molecule has 2 aliphatic carbocycles. The van der Waals surface area contributed by atoms with Gasteiger partial charge in [0.25, 0.3) is 0 Å². The van der Waals surface area contributed by atoms with Crippen LogP contribution in [0.4, 0.5) is 0 Å². The number of rotatable bonds is 5. The van der Waals surface area contributed by atoms with E-state index in [0.717, 1.165) is 23.8 Å².